The van der Waals surface area contributed by atoms with Crippen LogP contribution in [-0.2, 0) is 0 Å². The molecular weight excluding hydrogens is 200 g/mol. The van der Waals surface area contributed by atoms with Gasteiger partial charge in [-0.05, 0) is 24.8 Å². The Kier molecular flexibility index (Phi) is 3.39. The molecule has 1 aliphatic heterocycles. The molecule has 0 saturated carbocycles. The summed E-state index contributed by atoms with van der Waals surface area (Å²) < 4.78 is 0. The quantitative estimate of drug-likeness (QED) is 0.821. The Labute approximate surface area is 96.9 Å². The van der Waals surface area contributed by atoms with Crippen molar-refractivity contribution in [2.75, 3.05) is 18.0 Å². The van der Waals surface area contributed by atoms with Crippen LogP contribution in [0.3, 0.4) is 0 Å². The molecule has 4 heteroatoms. The third-order valence-corrected chi connectivity index (χ3v) is 3.00. The Balaban J connectivity index is 2.16. The van der Waals surface area contributed by atoms with Crippen LogP contribution in [0.4, 0.5) is 5.95 Å². The van der Waals surface area contributed by atoms with Gasteiger partial charge in [-0.3, -0.25) is 0 Å². The van der Waals surface area contributed by atoms with E-state index in [0.717, 1.165) is 37.6 Å². The Morgan fingerprint density at radius 1 is 1.50 bits per heavy atom. The summed E-state index contributed by atoms with van der Waals surface area (Å²) in [6, 6.07) is 2.25. The molecule has 2 N–H and O–H groups in total. The summed E-state index contributed by atoms with van der Waals surface area (Å²) in [5.41, 5.74) is 7.06. The van der Waals surface area contributed by atoms with E-state index in [0.29, 0.717) is 5.92 Å². The molecule has 1 saturated heterocycles. The molecule has 0 aromatic carbocycles. The van der Waals surface area contributed by atoms with E-state index in [1.165, 1.54) is 0 Å². The number of anilines is 1. The van der Waals surface area contributed by atoms with Crippen molar-refractivity contribution < 1.29 is 0 Å². The van der Waals surface area contributed by atoms with Crippen molar-refractivity contribution in [2.45, 2.75) is 38.6 Å². The van der Waals surface area contributed by atoms with E-state index in [9.17, 15) is 0 Å². The zero-order valence-electron chi connectivity index (χ0n) is 10.1. The second kappa shape index (κ2) is 4.78. The Bertz CT molecular complexity index is 351. The van der Waals surface area contributed by atoms with E-state index in [-0.39, 0.29) is 6.04 Å². The standard InChI is InChI=1S/C12H20N4/c1-9(2)11-5-6-14-12(15-11)16-7-3-4-10(13)8-16/h5-6,9-10H,3-4,7-8,13H2,1-2H3. The van der Waals surface area contributed by atoms with Crippen LogP contribution < -0.4 is 10.6 Å². The van der Waals surface area contributed by atoms with Gasteiger partial charge in [0.2, 0.25) is 5.95 Å². The average Bonchev–Trinajstić information content (AvgIpc) is 2.29. The predicted molar refractivity (Wildman–Crippen MR) is 65.5 cm³/mol. The minimum atomic E-state index is 0.264. The summed E-state index contributed by atoms with van der Waals surface area (Å²) in [6.07, 6.45) is 4.09. The van der Waals surface area contributed by atoms with Crippen LogP contribution in [0, 0.1) is 0 Å². The van der Waals surface area contributed by atoms with Crippen molar-refractivity contribution in [3.8, 4) is 0 Å². The van der Waals surface area contributed by atoms with Crippen LogP contribution in [0.2, 0.25) is 0 Å². The molecule has 1 aliphatic rings. The smallest absolute Gasteiger partial charge is 0.225 e. The molecule has 88 valence electrons. The maximum absolute atomic E-state index is 5.96. The molecule has 0 aliphatic carbocycles. The number of nitrogens with zero attached hydrogens (tertiary/aromatic N) is 3. The largest absolute Gasteiger partial charge is 0.339 e. The normalized spacial score (nSPS) is 21.5. The molecule has 1 aromatic rings. The fraction of sp³-hybridized carbons (Fsp3) is 0.667. The van der Waals surface area contributed by atoms with Crippen molar-refractivity contribution in [3.05, 3.63) is 18.0 Å². The number of nitrogens with two attached hydrogens (primary N) is 1. The molecule has 2 rings (SSSR count). The third kappa shape index (κ3) is 2.50. The van der Waals surface area contributed by atoms with Crippen LogP contribution in [0.15, 0.2) is 12.3 Å². The molecule has 1 unspecified atom stereocenters. The Morgan fingerprint density at radius 3 is 3.00 bits per heavy atom. The summed E-state index contributed by atoms with van der Waals surface area (Å²) in [4.78, 5) is 11.1. The SMILES string of the molecule is CC(C)c1ccnc(N2CCCC(N)C2)n1. The highest BCUT2D eigenvalue weighted by Crippen LogP contribution is 2.17. The van der Waals surface area contributed by atoms with Gasteiger partial charge in [-0.2, -0.15) is 0 Å². The van der Waals surface area contributed by atoms with Crippen LogP contribution in [0.1, 0.15) is 38.3 Å². The second-order valence-electron chi connectivity index (χ2n) is 4.78. The predicted octanol–water partition coefficient (Wildman–Crippen LogP) is 1.53. The van der Waals surface area contributed by atoms with Crippen LogP contribution in [-0.4, -0.2) is 29.1 Å². The van der Waals surface area contributed by atoms with Crippen LogP contribution in [0.25, 0.3) is 0 Å². The summed E-state index contributed by atoms with van der Waals surface area (Å²) >= 11 is 0. The summed E-state index contributed by atoms with van der Waals surface area (Å²) in [7, 11) is 0. The fourth-order valence-electron chi connectivity index (χ4n) is 2.03. The van der Waals surface area contributed by atoms with Crippen molar-refractivity contribution in [1.29, 1.82) is 0 Å². The van der Waals surface area contributed by atoms with Gasteiger partial charge in [0.05, 0.1) is 0 Å². The molecular formula is C12H20N4. The van der Waals surface area contributed by atoms with E-state index in [2.05, 4.69) is 28.7 Å². The zero-order chi connectivity index (χ0) is 11.5. The third-order valence-electron chi connectivity index (χ3n) is 3.00. The molecule has 1 aromatic heterocycles. The van der Waals surface area contributed by atoms with Crippen LogP contribution >= 0.6 is 0 Å². The number of hydrogen-bond donors (Lipinski definition) is 1. The van der Waals surface area contributed by atoms with Gasteiger partial charge >= 0.3 is 0 Å². The fourth-order valence-corrected chi connectivity index (χ4v) is 2.03. The second-order valence-corrected chi connectivity index (χ2v) is 4.78. The monoisotopic (exact) mass is 220 g/mol. The van der Waals surface area contributed by atoms with Gasteiger partial charge in [-0.15, -0.1) is 0 Å². The number of hydrogen-bond acceptors (Lipinski definition) is 4. The van der Waals surface area contributed by atoms with Crippen molar-refractivity contribution in [3.63, 3.8) is 0 Å². The van der Waals surface area contributed by atoms with E-state index in [4.69, 9.17) is 5.73 Å². The molecule has 0 radical (unpaired) electrons. The lowest BCUT2D eigenvalue weighted by atomic mass is 10.1. The lowest BCUT2D eigenvalue weighted by Gasteiger charge is -2.30. The van der Waals surface area contributed by atoms with Gasteiger partial charge in [0.15, 0.2) is 0 Å². The molecule has 0 bridgehead atoms. The van der Waals surface area contributed by atoms with Gasteiger partial charge in [0, 0.05) is 31.0 Å². The summed E-state index contributed by atoms with van der Waals surface area (Å²) in [5, 5.41) is 0. The van der Waals surface area contributed by atoms with E-state index in [1.807, 2.05) is 12.3 Å². The van der Waals surface area contributed by atoms with E-state index < -0.39 is 0 Å². The topological polar surface area (TPSA) is 55.0 Å². The Morgan fingerprint density at radius 2 is 2.31 bits per heavy atom. The van der Waals surface area contributed by atoms with Gasteiger partial charge < -0.3 is 10.6 Å². The molecule has 0 amide bonds. The zero-order valence-corrected chi connectivity index (χ0v) is 10.1. The molecule has 1 fully saturated rings. The summed E-state index contributed by atoms with van der Waals surface area (Å²) in [6.45, 7) is 6.19. The molecule has 2 heterocycles. The minimum Gasteiger partial charge on any atom is -0.339 e. The van der Waals surface area contributed by atoms with Gasteiger partial charge in [0.1, 0.15) is 0 Å². The highest BCUT2D eigenvalue weighted by Gasteiger charge is 2.19. The van der Waals surface area contributed by atoms with Gasteiger partial charge in [0.25, 0.3) is 0 Å². The Hall–Kier alpha value is -1.16. The number of rotatable bonds is 2. The maximum Gasteiger partial charge on any atom is 0.225 e. The minimum absolute atomic E-state index is 0.264. The van der Waals surface area contributed by atoms with E-state index in [1.54, 1.807) is 0 Å². The first-order valence-corrected chi connectivity index (χ1v) is 6.00. The van der Waals surface area contributed by atoms with E-state index >= 15 is 0 Å². The lowest BCUT2D eigenvalue weighted by molar-refractivity contribution is 0.499. The maximum atomic E-state index is 5.96. The molecule has 1 atom stereocenters. The van der Waals surface area contributed by atoms with Crippen molar-refractivity contribution in [1.82, 2.24) is 9.97 Å². The number of piperidine rings is 1. The first-order chi connectivity index (χ1) is 7.66. The molecule has 4 nitrogen and oxygen atoms in total. The van der Waals surface area contributed by atoms with Gasteiger partial charge in [-0.25, -0.2) is 9.97 Å². The van der Waals surface area contributed by atoms with Crippen molar-refractivity contribution >= 4 is 5.95 Å². The lowest BCUT2D eigenvalue weighted by Crippen LogP contribution is -2.43. The highest BCUT2D eigenvalue weighted by molar-refractivity contribution is 5.32. The molecule has 0 spiro atoms. The van der Waals surface area contributed by atoms with Crippen LogP contribution in [0.5, 0.6) is 0 Å². The first kappa shape index (κ1) is 11.3. The summed E-state index contributed by atoms with van der Waals surface area (Å²) in [5.74, 6) is 1.28. The average molecular weight is 220 g/mol. The van der Waals surface area contributed by atoms with Gasteiger partial charge in [-0.1, -0.05) is 13.8 Å². The molecule has 16 heavy (non-hydrogen) atoms. The number of aromatic nitrogens is 2. The van der Waals surface area contributed by atoms with Crippen molar-refractivity contribution in [2.24, 2.45) is 5.73 Å². The first-order valence-electron chi connectivity index (χ1n) is 6.00. The highest BCUT2D eigenvalue weighted by atomic mass is 15.3.